The first-order valence-electron chi connectivity index (χ1n) is 6.29. The van der Waals surface area contributed by atoms with Crippen molar-refractivity contribution in [1.29, 1.82) is 0 Å². The van der Waals surface area contributed by atoms with Crippen molar-refractivity contribution in [2.24, 2.45) is 5.73 Å². The molecule has 0 spiro atoms. The third-order valence-corrected chi connectivity index (χ3v) is 4.03. The van der Waals surface area contributed by atoms with Gasteiger partial charge in [-0.25, -0.2) is 8.78 Å². The predicted octanol–water partition coefficient (Wildman–Crippen LogP) is 4.70. The molecule has 0 radical (unpaired) electrons. The van der Waals surface area contributed by atoms with E-state index < -0.39 is 17.7 Å². The van der Waals surface area contributed by atoms with Crippen molar-refractivity contribution in [1.82, 2.24) is 0 Å². The fourth-order valence-electron chi connectivity index (χ4n) is 2.61. The van der Waals surface area contributed by atoms with Gasteiger partial charge < -0.3 is 5.73 Å². The number of aryl methyl sites for hydroxylation is 3. The van der Waals surface area contributed by atoms with E-state index in [2.05, 4.69) is 15.9 Å². The largest absolute Gasteiger partial charge is 0.320 e. The number of rotatable bonds is 2. The molecule has 2 aromatic rings. The third-order valence-electron chi connectivity index (χ3n) is 3.42. The molecular formula is C16H16BrF2N. The summed E-state index contributed by atoms with van der Waals surface area (Å²) in [6.07, 6.45) is 0. The Morgan fingerprint density at radius 1 is 0.950 bits per heavy atom. The molecule has 1 nitrogen and oxygen atoms in total. The number of hydrogen-bond donors (Lipinski definition) is 1. The summed E-state index contributed by atoms with van der Waals surface area (Å²) in [6, 6.07) is 5.58. The van der Waals surface area contributed by atoms with Gasteiger partial charge in [-0.05, 0) is 65.5 Å². The minimum Gasteiger partial charge on any atom is -0.320 e. The monoisotopic (exact) mass is 339 g/mol. The molecule has 0 aliphatic rings. The summed E-state index contributed by atoms with van der Waals surface area (Å²) in [6.45, 7) is 5.86. The second kappa shape index (κ2) is 5.62. The van der Waals surface area contributed by atoms with Crippen LogP contribution in [0.4, 0.5) is 8.78 Å². The van der Waals surface area contributed by atoms with Crippen LogP contribution < -0.4 is 5.73 Å². The summed E-state index contributed by atoms with van der Waals surface area (Å²) in [4.78, 5) is 0. The van der Waals surface area contributed by atoms with Crippen LogP contribution in [0.3, 0.4) is 0 Å². The third kappa shape index (κ3) is 2.76. The molecule has 1 atom stereocenters. The summed E-state index contributed by atoms with van der Waals surface area (Å²) in [5, 5.41) is 0. The second-order valence-corrected chi connectivity index (χ2v) is 5.93. The standard InChI is InChI=1S/C16H16BrF2N/c1-8-4-9(2)15(10(3)5-8)16(20)11-6-14(19)12(17)7-13(11)18/h4-7,16H,20H2,1-3H3. The Bertz CT molecular complexity index is 645. The maximum Gasteiger partial charge on any atom is 0.137 e. The highest BCUT2D eigenvalue weighted by Gasteiger charge is 2.19. The lowest BCUT2D eigenvalue weighted by molar-refractivity contribution is 0.571. The smallest absolute Gasteiger partial charge is 0.137 e. The average Bonchev–Trinajstić information content (AvgIpc) is 2.32. The fraction of sp³-hybridized carbons (Fsp3) is 0.250. The maximum atomic E-state index is 14.0. The van der Waals surface area contributed by atoms with E-state index in [1.165, 1.54) is 0 Å². The van der Waals surface area contributed by atoms with E-state index in [1.807, 2.05) is 32.9 Å². The van der Waals surface area contributed by atoms with Gasteiger partial charge in [-0.15, -0.1) is 0 Å². The van der Waals surface area contributed by atoms with Gasteiger partial charge in [-0.3, -0.25) is 0 Å². The zero-order valence-electron chi connectivity index (χ0n) is 11.6. The Morgan fingerprint density at radius 3 is 2.05 bits per heavy atom. The van der Waals surface area contributed by atoms with Crippen LogP contribution in [0.5, 0.6) is 0 Å². The van der Waals surface area contributed by atoms with Gasteiger partial charge in [0.2, 0.25) is 0 Å². The minimum absolute atomic E-state index is 0.100. The zero-order chi connectivity index (χ0) is 15.0. The molecule has 1 unspecified atom stereocenters. The Morgan fingerprint density at radius 2 is 1.50 bits per heavy atom. The molecule has 0 saturated heterocycles. The molecule has 0 fully saturated rings. The van der Waals surface area contributed by atoms with Gasteiger partial charge in [0.1, 0.15) is 11.6 Å². The van der Waals surface area contributed by atoms with Gasteiger partial charge in [-0.2, -0.15) is 0 Å². The molecule has 0 aromatic heterocycles. The lowest BCUT2D eigenvalue weighted by Gasteiger charge is -2.19. The first kappa shape index (κ1) is 15.1. The summed E-state index contributed by atoms with van der Waals surface area (Å²) >= 11 is 2.97. The van der Waals surface area contributed by atoms with Gasteiger partial charge >= 0.3 is 0 Å². The van der Waals surface area contributed by atoms with Crippen molar-refractivity contribution in [2.75, 3.05) is 0 Å². The van der Waals surface area contributed by atoms with E-state index in [1.54, 1.807) is 0 Å². The Hall–Kier alpha value is -1.26. The van der Waals surface area contributed by atoms with E-state index >= 15 is 0 Å². The molecule has 2 N–H and O–H groups in total. The lowest BCUT2D eigenvalue weighted by atomic mass is 9.90. The molecule has 0 heterocycles. The Labute approximate surface area is 125 Å². The topological polar surface area (TPSA) is 26.0 Å². The molecule has 2 rings (SSSR count). The quantitative estimate of drug-likeness (QED) is 0.788. The Kier molecular flexibility index (Phi) is 4.25. The van der Waals surface area contributed by atoms with Crippen molar-refractivity contribution in [3.63, 3.8) is 0 Å². The molecule has 0 saturated carbocycles. The molecule has 0 aliphatic heterocycles. The van der Waals surface area contributed by atoms with E-state index in [9.17, 15) is 8.78 Å². The molecule has 0 amide bonds. The first-order chi connectivity index (χ1) is 9.31. The van der Waals surface area contributed by atoms with Crippen LogP contribution in [0.25, 0.3) is 0 Å². The summed E-state index contributed by atoms with van der Waals surface area (Å²) in [7, 11) is 0. The van der Waals surface area contributed by atoms with E-state index in [-0.39, 0.29) is 10.0 Å². The predicted molar refractivity (Wildman–Crippen MR) is 80.7 cm³/mol. The van der Waals surface area contributed by atoms with E-state index in [0.29, 0.717) is 0 Å². The van der Waals surface area contributed by atoms with Gasteiger partial charge in [0.25, 0.3) is 0 Å². The van der Waals surface area contributed by atoms with Crippen LogP contribution in [0, 0.1) is 32.4 Å². The molecule has 2 aromatic carbocycles. The highest BCUT2D eigenvalue weighted by Crippen LogP contribution is 2.30. The molecule has 0 aliphatic carbocycles. The van der Waals surface area contributed by atoms with Crippen molar-refractivity contribution in [3.05, 3.63) is 68.2 Å². The van der Waals surface area contributed by atoms with Crippen LogP contribution in [0.1, 0.15) is 33.9 Å². The van der Waals surface area contributed by atoms with Crippen LogP contribution in [0.15, 0.2) is 28.7 Å². The van der Waals surface area contributed by atoms with E-state index in [0.717, 1.165) is 34.4 Å². The normalized spacial score (nSPS) is 12.6. The van der Waals surface area contributed by atoms with Crippen LogP contribution >= 0.6 is 15.9 Å². The van der Waals surface area contributed by atoms with E-state index in [4.69, 9.17) is 5.73 Å². The number of nitrogens with two attached hydrogens (primary N) is 1. The molecule has 106 valence electrons. The van der Waals surface area contributed by atoms with Crippen LogP contribution in [0.2, 0.25) is 0 Å². The summed E-state index contributed by atoms with van der Waals surface area (Å²) in [5.41, 5.74) is 10.3. The summed E-state index contributed by atoms with van der Waals surface area (Å²) < 4.78 is 27.8. The number of halogens is 3. The fourth-order valence-corrected chi connectivity index (χ4v) is 2.93. The van der Waals surface area contributed by atoms with Gasteiger partial charge in [0.15, 0.2) is 0 Å². The van der Waals surface area contributed by atoms with Crippen molar-refractivity contribution in [3.8, 4) is 0 Å². The highest BCUT2D eigenvalue weighted by molar-refractivity contribution is 9.10. The SMILES string of the molecule is Cc1cc(C)c(C(N)c2cc(F)c(Br)cc2F)c(C)c1. The average molecular weight is 340 g/mol. The second-order valence-electron chi connectivity index (χ2n) is 5.08. The Balaban J connectivity index is 2.57. The van der Waals surface area contributed by atoms with Crippen molar-refractivity contribution >= 4 is 15.9 Å². The van der Waals surface area contributed by atoms with Crippen LogP contribution in [-0.4, -0.2) is 0 Å². The molecule has 0 bridgehead atoms. The van der Waals surface area contributed by atoms with Crippen molar-refractivity contribution in [2.45, 2.75) is 26.8 Å². The zero-order valence-corrected chi connectivity index (χ0v) is 13.2. The minimum atomic E-state index is -0.682. The first-order valence-corrected chi connectivity index (χ1v) is 7.08. The summed E-state index contributed by atoms with van der Waals surface area (Å²) in [5.74, 6) is -1.02. The number of benzene rings is 2. The molecular weight excluding hydrogens is 324 g/mol. The molecule has 20 heavy (non-hydrogen) atoms. The lowest BCUT2D eigenvalue weighted by Crippen LogP contribution is -2.17. The van der Waals surface area contributed by atoms with Gasteiger partial charge in [0.05, 0.1) is 10.5 Å². The van der Waals surface area contributed by atoms with Gasteiger partial charge in [-0.1, -0.05) is 17.7 Å². The maximum absolute atomic E-state index is 14.0. The van der Waals surface area contributed by atoms with Gasteiger partial charge in [0, 0.05) is 5.56 Å². The molecule has 4 heteroatoms. The van der Waals surface area contributed by atoms with Crippen molar-refractivity contribution < 1.29 is 8.78 Å². The van der Waals surface area contributed by atoms with Crippen LogP contribution in [-0.2, 0) is 0 Å². The number of hydrogen-bond acceptors (Lipinski definition) is 1. The highest BCUT2D eigenvalue weighted by atomic mass is 79.9.